The van der Waals surface area contributed by atoms with Gasteiger partial charge in [0.2, 0.25) is 0 Å². The van der Waals surface area contributed by atoms with E-state index in [2.05, 4.69) is 5.32 Å². The van der Waals surface area contributed by atoms with E-state index in [9.17, 15) is 17.6 Å². The van der Waals surface area contributed by atoms with E-state index in [0.717, 1.165) is 12.1 Å². The number of halogens is 4. The SMILES string of the molecule is CCOc1ccc(NCC(C#N)C(F)(F)F)cc1F. The van der Waals surface area contributed by atoms with Crippen molar-refractivity contribution in [3.63, 3.8) is 0 Å². The fourth-order valence-corrected chi connectivity index (χ4v) is 1.34. The van der Waals surface area contributed by atoms with Crippen LogP contribution in [0, 0.1) is 23.1 Å². The smallest absolute Gasteiger partial charge is 0.406 e. The Hall–Kier alpha value is -1.97. The zero-order chi connectivity index (χ0) is 14.5. The van der Waals surface area contributed by atoms with Crippen molar-refractivity contribution in [1.82, 2.24) is 0 Å². The Kier molecular flexibility index (Phi) is 4.98. The van der Waals surface area contributed by atoms with E-state index < -0.39 is 24.5 Å². The zero-order valence-electron chi connectivity index (χ0n) is 10.1. The van der Waals surface area contributed by atoms with Gasteiger partial charge in [-0.2, -0.15) is 18.4 Å². The van der Waals surface area contributed by atoms with Crippen LogP contribution >= 0.6 is 0 Å². The first-order chi connectivity index (χ1) is 8.88. The lowest BCUT2D eigenvalue weighted by molar-refractivity contribution is -0.155. The van der Waals surface area contributed by atoms with Crippen molar-refractivity contribution in [1.29, 1.82) is 5.26 Å². The van der Waals surface area contributed by atoms with Crippen LogP contribution in [0.15, 0.2) is 18.2 Å². The molecular formula is C12H12F4N2O. The summed E-state index contributed by atoms with van der Waals surface area (Å²) in [5.74, 6) is -2.78. The van der Waals surface area contributed by atoms with Gasteiger partial charge in [-0.1, -0.05) is 0 Å². The fraction of sp³-hybridized carbons (Fsp3) is 0.417. The summed E-state index contributed by atoms with van der Waals surface area (Å²) < 4.78 is 55.3. The second-order valence-corrected chi connectivity index (χ2v) is 3.68. The first-order valence-electron chi connectivity index (χ1n) is 5.51. The van der Waals surface area contributed by atoms with Crippen molar-refractivity contribution in [3.05, 3.63) is 24.0 Å². The van der Waals surface area contributed by atoms with Gasteiger partial charge < -0.3 is 10.1 Å². The molecule has 1 unspecified atom stereocenters. The van der Waals surface area contributed by atoms with E-state index in [1.54, 1.807) is 6.92 Å². The van der Waals surface area contributed by atoms with Crippen LogP contribution in [0.5, 0.6) is 5.75 Å². The van der Waals surface area contributed by atoms with Crippen LogP contribution in [0.3, 0.4) is 0 Å². The summed E-state index contributed by atoms with van der Waals surface area (Å²) in [6.45, 7) is 1.34. The zero-order valence-corrected chi connectivity index (χ0v) is 10.1. The third kappa shape index (κ3) is 4.32. The molecule has 1 atom stereocenters. The van der Waals surface area contributed by atoms with Gasteiger partial charge in [0.15, 0.2) is 17.5 Å². The third-order valence-corrected chi connectivity index (χ3v) is 2.29. The lowest BCUT2D eigenvalue weighted by atomic mass is 10.1. The molecule has 104 valence electrons. The monoisotopic (exact) mass is 276 g/mol. The molecule has 0 bridgehead atoms. The normalized spacial score (nSPS) is 12.6. The molecule has 0 saturated carbocycles. The Morgan fingerprint density at radius 1 is 1.42 bits per heavy atom. The number of rotatable bonds is 5. The number of benzene rings is 1. The van der Waals surface area contributed by atoms with E-state index in [1.165, 1.54) is 12.1 Å². The van der Waals surface area contributed by atoms with Gasteiger partial charge in [0.1, 0.15) is 0 Å². The highest BCUT2D eigenvalue weighted by atomic mass is 19.4. The Labute approximate surface area is 107 Å². The largest absolute Gasteiger partial charge is 0.491 e. The molecule has 1 N–H and O–H groups in total. The van der Waals surface area contributed by atoms with Crippen LogP contribution in [0.4, 0.5) is 23.2 Å². The number of nitrogens with one attached hydrogen (secondary N) is 1. The molecule has 0 heterocycles. The van der Waals surface area contributed by atoms with E-state index >= 15 is 0 Å². The first kappa shape index (κ1) is 15.1. The van der Waals surface area contributed by atoms with Crippen LogP contribution < -0.4 is 10.1 Å². The van der Waals surface area contributed by atoms with E-state index in [1.807, 2.05) is 0 Å². The minimum Gasteiger partial charge on any atom is -0.491 e. The molecule has 1 rings (SSSR count). The predicted octanol–water partition coefficient (Wildman–Crippen LogP) is 3.34. The molecule has 1 aromatic carbocycles. The van der Waals surface area contributed by atoms with Crippen LogP contribution in [0.2, 0.25) is 0 Å². The van der Waals surface area contributed by atoms with E-state index in [4.69, 9.17) is 10.00 Å². The molecule has 0 radical (unpaired) electrons. The van der Waals surface area contributed by atoms with Crippen LogP contribution in [0.25, 0.3) is 0 Å². The van der Waals surface area contributed by atoms with Crippen molar-refractivity contribution in [3.8, 4) is 11.8 Å². The van der Waals surface area contributed by atoms with Crippen LogP contribution in [-0.2, 0) is 0 Å². The molecule has 0 fully saturated rings. The second kappa shape index (κ2) is 6.27. The second-order valence-electron chi connectivity index (χ2n) is 3.68. The summed E-state index contributed by atoms with van der Waals surface area (Å²) in [7, 11) is 0. The fourth-order valence-electron chi connectivity index (χ4n) is 1.34. The summed E-state index contributed by atoms with van der Waals surface area (Å²) in [5, 5.41) is 10.8. The van der Waals surface area contributed by atoms with Gasteiger partial charge in [-0.25, -0.2) is 4.39 Å². The number of hydrogen-bond donors (Lipinski definition) is 1. The molecule has 19 heavy (non-hydrogen) atoms. The molecule has 0 amide bonds. The number of nitrogens with zero attached hydrogens (tertiary/aromatic N) is 1. The Bertz CT molecular complexity index is 468. The maximum atomic E-state index is 13.4. The van der Waals surface area contributed by atoms with Gasteiger partial charge in [-0.15, -0.1) is 0 Å². The maximum Gasteiger partial charge on any atom is 0.406 e. The number of alkyl halides is 3. The van der Waals surface area contributed by atoms with Crippen LogP contribution in [0.1, 0.15) is 6.92 Å². The van der Waals surface area contributed by atoms with Crippen molar-refractivity contribution in [2.75, 3.05) is 18.5 Å². The van der Waals surface area contributed by atoms with Crippen LogP contribution in [-0.4, -0.2) is 19.3 Å². The summed E-state index contributed by atoms with van der Waals surface area (Å²) in [4.78, 5) is 0. The molecule has 1 aromatic rings. The highest BCUT2D eigenvalue weighted by molar-refractivity contribution is 5.47. The topological polar surface area (TPSA) is 45.0 Å². The number of nitriles is 1. The van der Waals surface area contributed by atoms with Gasteiger partial charge in [0.25, 0.3) is 0 Å². The minimum absolute atomic E-state index is 0.0284. The highest BCUT2D eigenvalue weighted by Crippen LogP contribution is 2.27. The number of ether oxygens (including phenoxy) is 1. The summed E-state index contributed by atoms with van der Waals surface area (Å²) in [6, 6.07) is 4.88. The van der Waals surface area contributed by atoms with E-state index in [0.29, 0.717) is 0 Å². The third-order valence-electron chi connectivity index (χ3n) is 2.29. The summed E-state index contributed by atoms with van der Waals surface area (Å²) >= 11 is 0. The molecule has 0 aliphatic heterocycles. The van der Waals surface area contributed by atoms with Gasteiger partial charge in [0.05, 0.1) is 12.7 Å². The van der Waals surface area contributed by atoms with Crippen molar-refractivity contribution < 1.29 is 22.3 Å². The molecule has 0 aliphatic rings. The molecule has 0 spiro atoms. The van der Waals surface area contributed by atoms with Gasteiger partial charge in [0, 0.05) is 18.3 Å². The standard InChI is InChI=1S/C12H12F4N2O/c1-2-19-11-4-3-9(5-10(11)13)18-7-8(6-17)12(14,15)16/h3-5,8,18H,2,7H2,1H3. The number of hydrogen-bond acceptors (Lipinski definition) is 3. The molecule has 3 nitrogen and oxygen atoms in total. The minimum atomic E-state index is -4.61. The van der Waals surface area contributed by atoms with Gasteiger partial charge in [-0.05, 0) is 19.1 Å². The molecule has 7 heteroatoms. The molecule has 0 aliphatic carbocycles. The van der Waals surface area contributed by atoms with Gasteiger partial charge in [-0.3, -0.25) is 0 Å². The quantitative estimate of drug-likeness (QED) is 0.839. The average molecular weight is 276 g/mol. The average Bonchev–Trinajstić information content (AvgIpc) is 2.31. The van der Waals surface area contributed by atoms with E-state index in [-0.39, 0.29) is 18.0 Å². The summed E-state index contributed by atoms with van der Waals surface area (Å²) in [5.41, 5.74) is 0.158. The molecule has 0 saturated heterocycles. The Balaban J connectivity index is 2.69. The Morgan fingerprint density at radius 2 is 2.11 bits per heavy atom. The molecule has 0 aromatic heterocycles. The van der Waals surface area contributed by atoms with Crippen molar-refractivity contribution in [2.24, 2.45) is 5.92 Å². The predicted molar refractivity (Wildman–Crippen MR) is 61.2 cm³/mol. The van der Waals surface area contributed by atoms with Crippen molar-refractivity contribution >= 4 is 5.69 Å². The first-order valence-corrected chi connectivity index (χ1v) is 5.51. The highest BCUT2D eigenvalue weighted by Gasteiger charge is 2.39. The lowest BCUT2D eigenvalue weighted by Gasteiger charge is -2.15. The molecular weight excluding hydrogens is 264 g/mol. The summed E-state index contributed by atoms with van der Waals surface area (Å²) in [6.07, 6.45) is -4.61. The lowest BCUT2D eigenvalue weighted by Crippen LogP contribution is -2.28. The Morgan fingerprint density at radius 3 is 2.58 bits per heavy atom. The van der Waals surface area contributed by atoms with Gasteiger partial charge >= 0.3 is 6.18 Å². The van der Waals surface area contributed by atoms with Crippen molar-refractivity contribution in [2.45, 2.75) is 13.1 Å². The number of anilines is 1. The maximum absolute atomic E-state index is 13.4.